The Morgan fingerprint density at radius 3 is 2.65 bits per heavy atom. The van der Waals surface area contributed by atoms with Crippen LogP contribution in [0.2, 0.25) is 0 Å². The summed E-state index contributed by atoms with van der Waals surface area (Å²) in [4.78, 5) is 11.7. The molecule has 0 aliphatic rings. The van der Waals surface area contributed by atoms with Crippen LogP contribution in [0, 0.1) is 3.57 Å². The smallest absolute Gasteiger partial charge is 0.251 e. The fraction of sp³-hybridized carbons (Fsp3) is 0.417. The Morgan fingerprint density at radius 1 is 1.29 bits per heavy atom. The van der Waals surface area contributed by atoms with E-state index in [1.807, 2.05) is 24.3 Å². The lowest BCUT2D eigenvalue weighted by Gasteiger charge is -2.05. The van der Waals surface area contributed by atoms with Crippen LogP contribution in [0.3, 0.4) is 0 Å². The van der Waals surface area contributed by atoms with Gasteiger partial charge in [0.15, 0.2) is 0 Å². The number of rotatable bonds is 7. The topological polar surface area (TPSA) is 49.3 Å². The van der Waals surface area contributed by atoms with Gasteiger partial charge in [-0.25, -0.2) is 0 Å². The molecule has 0 saturated heterocycles. The molecule has 0 spiro atoms. The van der Waals surface area contributed by atoms with Gasteiger partial charge in [0, 0.05) is 28.0 Å². The molecule has 0 fully saturated rings. The summed E-state index contributed by atoms with van der Waals surface area (Å²) in [6, 6.07) is 7.50. The highest BCUT2D eigenvalue weighted by Crippen LogP contribution is 2.06. The molecule has 0 radical (unpaired) electrons. The maximum Gasteiger partial charge on any atom is 0.251 e. The predicted molar refractivity (Wildman–Crippen MR) is 80.5 cm³/mol. The van der Waals surface area contributed by atoms with E-state index in [1.54, 1.807) is 11.8 Å². The van der Waals surface area contributed by atoms with Gasteiger partial charge in [0.25, 0.3) is 5.91 Å². The zero-order valence-electron chi connectivity index (χ0n) is 9.49. The van der Waals surface area contributed by atoms with Crippen LogP contribution < -0.4 is 5.32 Å². The highest BCUT2D eigenvalue weighted by molar-refractivity contribution is 14.1. The zero-order valence-corrected chi connectivity index (χ0v) is 12.5. The minimum Gasteiger partial charge on any atom is -0.396 e. The molecule has 1 aromatic carbocycles. The van der Waals surface area contributed by atoms with Crippen molar-refractivity contribution in [1.82, 2.24) is 5.32 Å². The number of aliphatic hydroxyl groups is 1. The van der Waals surface area contributed by atoms with Crippen LogP contribution in [0.1, 0.15) is 16.8 Å². The fourth-order valence-electron chi connectivity index (χ4n) is 1.21. The van der Waals surface area contributed by atoms with E-state index in [-0.39, 0.29) is 12.5 Å². The third kappa shape index (κ3) is 6.28. The summed E-state index contributed by atoms with van der Waals surface area (Å²) >= 11 is 3.95. The molecule has 3 nitrogen and oxygen atoms in total. The first-order valence-corrected chi connectivity index (χ1v) is 7.70. The van der Waals surface area contributed by atoms with Crippen LogP contribution in [-0.2, 0) is 0 Å². The molecular formula is C12H16INO2S. The lowest BCUT2D eigenvalue weighted by Crippen LogP contribution is -2.25. The fourth-order valence-corrected chi connectivity index (χ4v) is 2.35. The third-order valence-electron chi connectivity index (χ3n) is 2.09. The van der Waals surface area contributed by atoms with Crippen molar-refractivity contribution in [2.45, 2.75) is 6.42 Å². The summed E-state index contributed by atoms with van der Waals surface area (Å²) in [6.07, 6.45) is 0.815. The average Bonchev–Trinajstić information content (AvgIpc) is 2.34. The molecule has 5 heteroatoms. The lowest BCUT2D eigenvalue weighted by atomic mass is 10.2. The number of benzene rings is 1. The molecule has 17 heavy (non-hydrogen) atoms. The van der Waals surface area contributed by atoms with E-state index >= 15 is 0 Å². The minimum absolute atomic E-state index is 0.0239. The molecule has 0 atom stereocenters. The monoisotopic (exact) mass is 365 g/mol. The first-order valence-electron chi connectivity index (χ1n) is 5.46. The Labute approximate surface area is 120 Å². The molecule has 1 rings (SSSR count). The van der Waals surface area contributed by atoms with Crippen molar-refractivity contribution in [3.63, 3.8) is 0 Å². The summed E-state index contributed by atoms with van der Waals surface area (Å²) < 4.78 is 1.12. The molecule has 1 amide bonds. The van der Waals surface area contributed by atoms with Crippen molar-refractivity contribution in [3.05, 3.63) is 33.4 Å². The predicted octanol–water partition coefficient (Wildman–Crippen LogP) is 2.14. The Morgan fingerprint density at radius 2 is 2.00 bits per heavy atom. The van der Waals surface area contributed by atoms with Crippen LogP contribution in [0.25, 0.3) is 0 Å². The van der Waals surface area contributed by atoms with Gasteiger partial charge in [0.1, 0.15) is 0 Å². The van der Waals surface area contributed by atoms with Gasteiger partial charge in [0.2, 0.25) is 0 Å². The number of nitrogens with one attached hydrogen (secondary N) is 1. The molecule has 0 saturated carbocycles. The number of amides is 1. The van der Waals surface area contributed by atoms with Gasteiger partial charge in [-0.2, -0.15) is 11.8 Å². The summed E-state index contributed by atoms with van der Waals surface area (Å²) in [5.74, 6) is 1.80. The van der Waals surface area contributed by atoms with Gasteiger partial charge in [-0.05, 0) is 59.0 Å². The van der Waals surface area contributed by atoms with Crippen molar-refractivity contribution in [3.8, 4) is 0 Å². The first-order chi connectivity index (χ1) is 8.24. The highest BCUT2D eigenvalue weighted by atomic mass is 127. The second-order valence-electron chi connectivity index (χ2n) is 3.45. The van der Waals surface area contributed by atoms with Crippen LogP contribution in [0.15, 0.2) is 24.3 Å². The van der Waals surface area contributed by atoms with Gasteiger partial charge in [-0.3, -0.25) is 4.79 Å². The van der Waals surface area contributed by atoms with E-state index in [0.29, 0.717) is 12.1 Å². The van der Waals surface area contributed by atoms with Gasteiger partial charge >= 0.3 is 0 Å². The summed E-state index contributed by atoms with van der Waals surface area (Å²) in [6.45, 7) is 0.906. The molecule has 0 bridgehead atoms. The molecule has 0 aliphatic heterocycles. The van der Waals surface area contributed by atoms with Crippen LogP contribution in [0.5, 0.6) is 0 Å². The van der Waals surface area contributed by atoms with Crippen molar-refractivity contribution >= 4 is 40.3 Å². The standard InChI is InChI=1S/C12H16INO2S/c13-11-4-2-10(3-5-11)12(16)14-6-9-17-8-1-7-15/h2-5,15H,1,6-9H2,(H,14,16). The number of carbonyl (C=O) groups excluding carboxylic acids is 1. The number of hydrogen-bond donors (Lipinski definition) is 2. The highest BCUT2D eigenvalue weighted by Gasteiger charge is 2.03. The lowest BCUT2D eigenvalue weighted by molar-refractivity contribution is 0.0956. The molecule has 0 aliphatic carbocycles. The normalized spacial score (nSPS) is 10.2. The molecule has 2 N–H and O–H groups in total. The third-order valence-corrected chi connectivity index (χ3v) is 3.87. The summed E-state index contributed by atoms with van der Waals surface area (Å²) in [5, 5.41) is 11.5. The SMILES string of the molecule is O=C(NCCSCCCO)c1ccc(I)cc1. The second kappa shape index (κ2) is 8.77. The Kier molecular flexibility index (Phi) is 7.63. The van der Waals surface area contributed by atoms with Gasteiger partial charge < -0.3 is 10.4 Å². The van der Waals surface area contributed by atoms with Crippen LogP contribution >= 0.6 is 34.4 Å². The zero-order chi connectivity index (χ0) is 12.5. The van der Waals surface area contributed by atoms with Crippen molar-refractivity contribution in [1.29, 1.82) is 0 Å². The van der Waals surface area contributed by atoms with Crippen LogP contribution in [0.4, 0.5) is 0 Å². The Balaban J connectivity index is 2.19. The van der Waals surface area contributed by atoms with E-state index in [4.69, 9.17) is 5.11 Å². The summed E-state index contributed by atoms with van der Waals surface area (Å²) in [5.41, 5.74) is 0.700. The van der Waals surface area contributed by atoms with Crippen molar-refractivity contribution in [2.75, 3.05) is 24.7 Å². The van der Waals surface area contributed by atoms with E-state index in [1.165, 1.54) is 0 Å². The van der Waals surface area contributed by atoms with Gasteiger partial charge in [-0.1, -0.05) is 0 Å². The average molecular weight is 365 g/mol. The van der Waals surface area contributed by atoms with Crippen LogP contribution in [-0.4, -0.2) is 35.7 Å². The van der Waals surface area contributed by atoms with Crippen molar-refractivity contribution < 1.29 is 9.90 Å². The molecule has 94 valence electrons. The Hall–Kier alpha value is -0.270. The maximum atomic E-state index is 11.7. The quantitative estimate of drug-likeness (QED) is 0.575. The van der Waals surface area contributed by atoms with E-state index in [9.17, 15) is 4.79 Å². The summed E-state index contributed by atoms with van der Waals surface area (Å²) in [7, 11) is 0. The Bertz CT molecular complexity index is 343. The number of thioether (sulfide) groups is 1. The minimum atomic E-state index is -0.0239. The van der Waals surface area contributed by atoms with E-state index in [0.717, 1.165) is 21.5 Å². The molecular weight excluding hydrogens is 349 g/mol. The number of halogens is 1. The largest absolute Gasteiger partial charge is 0.396 e. The first kappa shape index (κ1) is 14.8. The van der Waals surface area contributed by atoms with Gasteiger partial charge in [-0.15, -0.1) is 0 Å². The van der Waals surface area contributed by atoms with Crippen molar-refractivity contribution in [2.24, 2.45) is 0 Å². The second-order valence-corrected chi connectivity index (χ2v) is 5.92. The number of carbonyl (C=O) groups is 1. The van der Waals surface area contributed by atoms with E-state index < -0.39 is 0 Å². The molecule has 1 aromatic rings. The molecule has 0 heterocycles. The van der Waals surface area contributed by atoms with Gasteiger partial charge in [0.05, 0.1) is 0 Å². The molecule has 0 aromatic heterocycles. The number of aliphatic hydroxyl groups excluding tert-OH is 1. The number of hydrogen-bond acceptors (Lipinski definition) is 3. The maximum absolute atomic E-state index is 11.7. The van der Waals surface area contributed by atoms with E-state index in [2.05, 4.69) is 27.9 Å². The molecule has 0 unspecified atom stereocenters.